The zero-order valence-electron chi connectivity index (χ0n) is 32.7. The minimum absolute atomic E-state index is 0.0875. The van der Waals surface area contributed by atoms with E-state index in [2.05, 4.69) is 0 Å². The molecule has 11 atom stereocenters. The molecule has 3 heterocycles. The molecule has 308 valence electrons. The Morgan fingerprint density at radius 1 is 0.638 bits per heavy atom. The summed E-state index contributed by atoms with van der Waals surface area (Å²) in [6.07, 6.45) is -7.14. The van der Waals surface area contributed by atoms with Crippen LogP contribution < -0.4 is 0 Å². The Morgan fingerprint density at radius 3 is 1.74 bits per heavy atom. The van der Waals surface area contributed by atoms with Crippen molar-refractivity contribution < 1.29 is 57.0 Å². The maximum Gasteiger partial charge on any atom is 0.303 e. The number of hydrogen-bond acceptors (Lipinski definition) is 13. The van der Waals surface area contributed by atoms with Gasteiger partial charge in [0.15, 0.2) is 24.8 Å². The highest BCUT2D eigenvalue weighted by Crippen LogP contribution is 2.44. The average molecular weight is 815 g/mol. The van der Waals surface area contributed by atoms with Crippen molar-refractivity contribution in [3.8, 4) is 0 Å². The first-order chi connectivity index (χ1) is 28.4. The van der Waals surface area contributed by atoms with E-state index < -0.39 is 77.9 Å². The van der Waals surface area contributed by atoms with Gasteiger partial charge < -0.3 is 47.4 Å². The standard InChI is InChI=1S/C45H50O12S/c1-29(46)53-39-40(54-30(2)47)44(48-3)55-36(27-49-24-31-16-8-4-9-17-31)42(39)58-45-41(51-26-33-20-12-6-13-21-33)38(50-25-32-18-10-5-11-19-32)37-35(56-45)28-52-43(57-37)34-22-14-7-15-23-34/h4-23,35-45H,24-28H2,1-3H3/t35?,36?,37-,38?,39?,40?,41?,42-,43?,44+,45+/m1/s1. The molecule has 0 bridgehead atoms. The molecule has 0 aromatic heterocycles. The first kappa shape index (κ1) is 42.0. The van der Waals surface area contributed by atoms with Gasteiger partial charge in [-0.15, -0.1) is 11.8 Å². The lowest BCUT2D eigenvalue weighted by atomic mass is 9.98. The molecule has 7 unspecified atom stereocenters. The zero-order chi connectivity index (χ0) is 40.3. The van der Waals surface area contributed by atoms with Crippen LogP contribution in [0.2, 0.25) is 0 Å². The molecule has 3 saturated heterocycles. The predicted molar refractivity (Wildman–Crippen MR) is 213 cm³/mol. The molecule has 4 aromatic rings. The van der Waals surface area contributed by atoms with Gasteiger partial charge in [-0.2, -0.15) is 0 Å². The number of hydrogen-bond donors (Lipinski definition) is 0. The third-order valence-corrected chi connectivity index (χ3v) is 11.6. The Kier molecular flexibility index (Phi) is 15.0. The lowest BCUT2D eigenvalue weighted by Crippen LogP contribution is -2.64. The molecular weight excluding hydrogens is 765 g/mol. The second-order valence-electron chi connectivity index (χ2n) is 14.3. The van der Waals surface area contributed by atoms with Crippen molar-refractivity contribution in [3.05, 3.63) is 144 Å². The number of methoxy groups -OCH3 is 1. The summed E-state index contributed by atoms with van der Waals surface area (Å²) in [4.78, 5) is 25.3. The molecular formula is C45H50O12S. The normalized spacial score (nSPS) is 29.5. The Bertz CT molecular complexity index is 1850. The second kappa shape index (κ2) is 20.7. The van der Waals surface area contributed by atoms with Crippen molar-refractivity contribution in [2.24, 2.45) is 0 Å². The van der Waals surface area contributed by atoms with E-state index in [1.165, 1.54) is 32.7 Å². The van der Waals surface area contributed by atoms with Crippen molar-refractivity contribution in [2.45, 2.75) is 99.7 Å². The highest BCUT2D eigenvalue weighted by Gasteiger charge is 2.56. The van der Waals surface area contributed by atoms with Gasteiger partial charge in [-0.05, 0) is 16.7 Å². The average Bonchev–Trinajstić information content (AvgIpc) is 3.25. The number of thioether (sulfide) groups is 1. The number of rotatable bonds is 16. The molecule has 3 aliphatic rings. The Hall–Kier alpha value is -4.15. The van der Waals surface area contributed by atoms with Crippen LogP contribution >= 0.6 is 11.8 Å². The van der Waals surface area contributed by atoms with Gasteiger partial charge in [0.05, 0.1) is 44.4 Å². The van der Waals surface area contributed by atoms with E-state index in [1.807, 2.05) is 121 Å². The summed E-state index contributed by atoms with van der Waals surface area (Å²) >= 11 is 1.34. The number of carbonyl (C=O) groups excluding carboxylic acids is 2. The fourth-order valence-corrected chi connectivity index (χ4v) is 8.95. The van der Waals surface area contributed by atoms with Crippen LogP contribution in [0.3, 0.4) is 0 Å². The molecule has 58 heavy (non-hydrogen) atoms. The van der Waals surface area contributed by atoms with E-state index in [9.17, 15) is 9.59 Å². The van der Waals surface area contributed by atoms with Gasteiger partial charge in [0.1, 0.15) is 29.9 Å². The van der Waals surface area contributed by atoms with E-state index >= 15 is 0 Å². The molecule has 0 spiro atoms. The Balaban J connectivity index is 1.24. The fraction of sp³-hybridized carbons (Fsp3) is 0.422. The van der Waals surface area contributed by atoms with E-state index in [0.717, 1.165) is 22.3 Å². The van der Waals surface area contributed by atoms with Crippen LogP contribution in [0, 0.1) is 0 Å². The minimum Gasteiger partial charge on any atom is -0.457 e. The summed E-state index contributed by atoms with van der Waals surface area (Å²) < 4.78 is 63.9. The third kappa shape index (κ3) is 10.9. The summed E-state index contributed by atoms with van der Waals surface area (Å²) in [5, 5.41) is -0.711. The topological polar surface area (TPSA) is 126 Å². The minimum atomic E-state index is -1.10. The molecule has 0 aliphatic carbocycles. The van der Waals surface area contributed by atoms with Crippen LogP contribution in [0.25, 0.3) is 0 Å². The van der Waals surface area contributed by atoms with Crippen LogP contribution in [-0.4, -0.2) is 92.0 Å². The van der Waals surface area contributed by atoms with Crippen molar-refractivity contribution in [1.82, 2.24) is 0 Å². The predicted octanol–water partition coefficient (Wildman–Crippen LogP) is 6.55. The van der Waals surface area contributed by atoms with Crippen molar-refractivity contribution in [3.63, 3.8) is 0 Å². The molecule has 7 rings (SSSR count). The number of fused-ring (bicyclic) bond motifs is 1. The molecule has 3 fully saturated rings. The van der Waals surface area contributed by atoms with Gasteiger partial charge in [0.25, 0.3) is 0 Å². The van der Waals surface area contributed by atoms with Crippen LogP contribution in [0.5, 0.6) is 0 Å². The molecule has 0 saturated carbocycles. The smallest absolute Gasteiger partial charge is 0.303 e. The van der Waals surface area contributed by atoms with E-state index in [0.29, 0.717) is 6.61 Å². The highest BCUT2D eigenvalue weighted by molar-refractivity contribution is 8.00. The number of benzene rings is 4. The molecule has 0 amide bonds. The van der Waals surface area contributed by atoms with Crippen molar-refractivity contribution >= 4 is 23.7 Å². The number of ether oxygens (including phenoxy) is 10. The first-order valence-electron chi connectivity index (χ1n) is 19.4. The summed E-state index contributed by atoms with van der Waals surface area (Å²) in [6.45, 7) is 3.72. The molecule has 0 N–H and O–H groups in total. The van der Waals surface area contributed by atoms with Gasteiger partial charge in [-0.3, -0.25) is 9.59 Å². The Labute approximate surface area is 343 Å². The number of esters is 2. The van der Waals surface area contributed by atoms with E-state index in [-0.39, 0.29) is 26.4 Å². The lowest BCUT2D eigenvalue weighted by molar-refractivity contribution is -0.330. The number of carbonyl (C=O) groups is 2. The maximum atomic E-state index is 12.8. The summed E-state index contributed by atoms with van der Waals surface area (Å²) in [7, 11) is 1.44. The highest BCUT2D eigenvalue weighted by atomic mass is 32.2. The Morgan fingerprint density at radius 2 is 1.17 bits per heavy atom. The van der Waals surface area contributed by atoms with Gasteiger partial charge in [-0.25, -0.2) is 0 Å². The van der Waals surface area contributed by atoms with Gasteiger partial charge in [0.2, 0.25) is 0 Å². The maximum absolute atomic E-state index is 12.8. The van der Waals surface area contributed by atoms with E-state index in [4.69, 9.17) is 47.4 Å². The fourth-order valence-electron chi connectivity index (χ4n) is 7.37. The van der Waals surface area contributed by atoms with Gasteiger partial charge >= 0.3 is 11.9 Å². The van der Waals surface area contributed by atoms with Crippen LogP contribution in [0.15, 0.2) is 121 Å². The SMILES string of the molecule is CO[C@H]1OC(COCc2ccccc2)[C@@H](S[C@@H]2OC3COC(c4ccccc4)O[C@H]3C(OCc3ccccc3)C2OCc2ccccc2)C(OC(C)=O)C1OC(C)=O. The largest absolute Gasteiger partial charge is 0.457 e. The third-order valence-electron chi connectivity index (χ3n) is 10.0. The van der Waals surface area contributed by atoms with Crippen LogP contribution in [-0.2, 0) is 76.8 Å². The van der Waals surface area contributed by atoms with E-state index in [1.54, 1.807) is 0 Å². The summed E-state index contributed by atoms with van der Waals surface area (Å²) in [6, 6.07) is 39.3. The molecule has 13 heteroatoms. The lowest BCUT2D eigenvalue weighted by Gasteiger charge is -2.51. The monoisotopic (exact) mass is 814 g/mol. The zero-order valence-corrected chi connectivity index (χ0v) is 33.6. The van der Waals surface area contributed by atoms with Crippen molar-refractivity contribution in [1.29, 1.82) is 0 Å². The summed E-state index contributed by atoms with van der Waals surface area (Å²) in [5.41, 5.74) is 3.01. The van der Waals surface area contributed by atoms with Gasteiger partial charge in [0, 0.05) is 26.5 Å². The van der Waals surface area contributed by atoms with Crippen LogP contribution in [0.1, 0.15) is 42.4 Å². The quantitative estimate of drug-likeness (QED) is 0.114. The first-order valence-corrected chi connectivity index (χ1v) is 20.4. The summed E-state index contributed by atoms with van der Waals surface area (Å²) in [5.74, 6) is -1.16. The van der Waals surface area contributed by atoms with Crippen molar-refractivity contribution in [2.75, 3.05) is 20.3 Å². The molecule has 0 radical (unpaired) electrons. The van der Waals surface area contributed by atoms with Gasteiger partial charge in [-0.1, -0.05) is 121 Å². The van der Waals surface area contributed by atoms with Crippen LogP contribution in [0.4, 0.5) is 0 Å². The molecule has 12 nitrogen and oxygen atoms in total. The molecule has 3 aliphatic heterocycles. The molecule has 4 aromatic carbocycles. The second-order valence-corrected chi connectivity index (χ2v) is 15.6.